The van der Waals surface area contributed by atoms with E-state index in [1.807, 2.05) is 18.5 Å². The average Bonchev–Trinajstić information content (AvgIpc) is 3.70. The molecule has 0 fully saturated rings. The van der Waals surface area contributed by atoms with Crippen molar-refractivity contribution in [2.45, 2.75) is 0 Å². The Hall–Kier alpha value is -6.65. The van der Waals surface area contributed by atoms with Crippen LogP contribution < -0.4 is 4.90 Å². The van der Waals surface area contributed by atoms with Crippen molar-refractivity contribution in [2.75, 3.05) is 4.90 Å². The van der Waals surface area contributed by atoms with Crippen LogP contribution >= 0.6 is 0 Å². The minimum absolute atomic E-state index is 0.876. The highest BCUT2D eigenvalue weighted by molar-refractivity contribution is 6.37. The summed E-state index contributed by atoms with van der Waals surface area (Å²) >= 11 is 0. The van der Waals surface area contributed by atoms with Crippen LogP contribution in [0.4, 0.5) is 17.1 Å². The van der Waals surface area contributed by atoms with Crippen LogP contribution in [0, 0.1) is 0 Å². The fourth-order valence-electron chi connectivity index (χ4n) is 8.16. The van der Waals surface area contributed by atoms with Crippen molar-refractivity contribution in [3.63, 3.8) is 0 Å². The molecule has 0 saturated carbocycles. The second-order valence-corrected chi connectivity index (χ2v) is 12.8. The number of rotatable bonds is 4. The van der Waals surface area contributed by atoms with Crippen molar-refractivity contribution in [3.05, 3.63) is 164 Å². The first-order valence-electron chi connectivity index (χ1n) is 16.6. The maximum absolute atomic E-state index is 6.71. The number of nitrogens with zero attached hydrogens (tertiary/aromatic N) is 3. The molecule has 4 heteroatoms. The summed E-state index contributed by atoms with van der Waals surface area (Å²) in [5.74, 6) is 0. The zero-order chi connectivity index (χ0) is 32.1. The van der Waals surface area contributed by atoms with E-state index in [1.54, 1.807) is 0 Å². The second kappa shape index (κ2) is 9.93. The minimum Gasteiger partial charge on any atom is -0.456 e. The van der Waals surface area contributed by atoms with Crippen molar-refractivity contribution in [1.29, 1.82) is 0 Å². The Morgan fingerprint density at radius 1 is 0.449 bits per heavy atom. The fraction of sp³-hybridized carbons (Fsp3) is 0. The second-order valence-electron chi connectivity index (χ2n) is 12.8. The average molecular weight is 626 g/mol. The van der Waals surface area contributed by atoms with Crippen molar-refractivity contribution in [2.24, 2.45) is 0 Å². The molecule has 3 aromatic heterocycles. The van der Waals surface area contributed by atoms with E-state index in [0.717, 1.165) is 44.7 Å². The van der Waals surface area contributed by atoms with E-state index in [9.17, 15) is 0 Å². The molecule has 49 heavy (non-hydrogen) atoms. The molecule has 228 valence electrons. The van der Waals surface area contributed by atoms with Gasteiger partial charge in [0.2, 0.25) is 0 Å². The SMILES string of the molecule is c1ccc(N(c2ccccc2)c2ccc3c(c2)oc2cc4ccc5c6c(ccc(c23)c46)cc2c5c3ccccc3n2-c2cccnc2)cc1. The number of para-hydroxylation sites is 3. The number of furan rings is 1. The summed E-state index contributed by atoms with van der Waals surface area (Å²) in [5.41, 5.74) is 8.46. The zero-order valence-electron chi connectivity index (χ0n) is 26.3. The molecule has 4 nitrogen and oxygen atoms in total. The van der Waals surface area contributed by atoms with Crippen molar-refractivity contribution >= 4 is 93.1 Å². The monoisotopic (exact) mass is 625 g/mol. The van der Waals surface area contributed by atoms with Gasteiger partial charge >= 0.3 is 0 Å². The van der Waals surface area contributed by atoms with Crippen LogP contribution in [-0.4, -0.2) is 9.55 Å². The fourth-order valence-corrected chi connectivity index (χ4v) is 8.16. The van der Waals surface area contributed by atoms with Gasteiger partial charge in [-0.05, 0) is 99.0 Å². The lowest BCUT2D eigenvalue weighted by atomic mass is 9.90. The van der Waals surface area contributed by atoms with Crippen LogP contribution in [0.15, 0.2) is 168 Å². The molecule has 3 heterocycles. The third-order valence-corrected chi connectivity index (χ3v) is 10.1. The minimum atomic E-state index is 0.876. The van der Waals surface area contributed by atoms with E-state index in [-0.39, 0.29) is 0 Å². The molecule has 0 aliphatic carbocycles. The Labute approximate surface area is 281 Å². The maximum Gasteiger partial charge on any atom is 0.137 e. The molecule has 0 aliphatic heterocycles. The van der Waals surface area contributed by atoms with Gasteiger partial charge in [0.05, 0.1) is 22.9 Å². The quantitative estimate of drug-likeness (QED) is 0.183. The number of anilines is 3. The molecule has 11 rings (SSSR count). The van der Waals surface area contributed by atoms with Gasteiger partial charge in [-0.3, -0.25) is 4.98 Å². The summed E-state index contributed by atoms with van der Waals surface area (Å²) in [7, 11) is 0. The molecular formula is C45H27N3O. The van der Waals surface area contributed by atoms with Gasteiger partial charge in [-0.25, -0.2) is 0 Å². The Kier molecular flexibility index (Phi) is 5.35. The summed E-state index contributed by atoms with van der Waals surface area (Å²) in [5, 5.41) is 12.3. The van der Waals surface area contributed by atoms with Crippen LogP contribution in [0.2, 0.25) is 0 Å². The molecule has 0 aliphatic rings. The Balaban J connectivity index is 1.19. The normalized spacial score (nSPS) is 12.1. The van der Waals surface area contributed by atoms with Gasteiger partial charge in [0, 0.05) is 50.9 Å². The standard InChI is InChI=1S/C45H27N3O/c1-3-10-30(11-4-1)47(31-12-5-2-6-13-31)32-19-22-35-40(26-32)49-41-25-29-18-20-36-42-28(17-21-37(43(29)42)45(35)41)24-39-44(36)34-15-7-8-16-38(34)48(39)33-14-9-23-46-27-33/h1-27H. The van der Waals surface area contributed by atoms with Gasteiger partial charge in [0.15, 0.2) is 0 Å². The maximum atomic E-state index is 6.71. The predicted molar refractivity (Wildman–Crippen MR) is 204 cm³/mol. The van der Waals surface area contributed by atoms with E-state index in [4.69, 9.17) is 4.42 Å². The van der Waals surface area contributed by atoms with Crippen LogP contribution in [-0.2, 0) is 0 Å². The lowest BCUT2D eigenvalue weighted by Gasteiger charge is -2.25. The molecule has 0 unspecified atom stereocenters. The van der Waals surface area contributed by atoms with Gasteiger partial charge in [-0.2, -0.15) is 0 Å². The Morgan fingerprint density at radius 3 is 1.86 bits per heavy atom. The van der Waals surface area contributed by atoms with Crippen LogP contribution in [0.3, 0.4) is 0 Å². The molecule has 11 aromatic rings. The molecule has 0 bridgehead atoms. The molecular weight excluding hydrogens is 599 g/mol. The van der Waals surface area contributed by atoms with Gasteiger partial charge in [0.1, 0.15) is 11.2 Å². The summed E-state index contributed by atoms with van der Waals surface area (Å²) in [6, 6.07) is 54.2. The summed E-state index contributed by atoms with van der Waals surface area (Å²) in [6.07, 6.45) is 3.78. The third kappa shape index (κ3) is 3.71. The topological polar surface area (TPSA) is 34.2 Å². The largest absolute Gasteiger partial charge is 0.456 e. The van der Waals surface area contributed by atoms with Crippen molar-refractivity contribution in [3.8, 4) is 5.69 Å². The number of hydrogen-bond acceptors (Lipinski definition) is 3. The van der Waals surface area contributed by atoms with Gasteiger partial charge in [-0.1, -0.05) is 78.9 Å². The number of fused-ring (bicyclic) bond motifs is 8. The van der Waals surface area contributed by atoms with Crippen molar-refractivity contribution in [1.82, 2.24) is 9.55 Å². The van der Waals surface area contributed by atoms with Crippen LogP contribution in [0.1, 0.15) is 0 Å². The van der Waals surface area contributed by atoms with E-state index in [1.165, 1.54) is 54.1 Å². The lowest BCUT2D eigenvalue weighted by molar-refractivity contribution is 0.669. The molecule has 0 amide bonds. The number of pyridine rings is 1. The number of benzene rings is 8. The van der Waals surface area contributed by atoms with Crippen molar-refractivity contribution < 1.29 is 4.42 Å². The predicted octanol–water partition coefficient (Wildman–Crippen LogP) is 12.4. The summed E-state index contributed by atoms with van der Waals surface area (Å²) in [4.78, 5) is 6.74. The smallest absolute Gasteiger partial charge is 0.137 e. The third-order valence-electron chi connectivity index (χ3n) is 10.1. The number of hydrogen-bond donors (Lipinski definition) is 0. The summed E-state index contributed by atoms with van der Waals surface area (Å²) < 4.78 is 9.06. The number of aromatic nitrogens is 2. The van der Waals surface area contributed by atoms with E-state index in [0.29, 0.717) is 0 Å². The molecule has 8 aromatic carbocycles. The van der Waals surface area contributed by atoms with E-state index >= 15 is 0 Å². The lowest BCUT2D eigenvalue weighted by Crippen LogP contribution is -2.09. The highest BCUT2D eigenvalue weighted by Gasteiger charge is 2.22. The molecule has 0 saturated heterocycles. The van der Waals surface area contributed by atoms with Gasteiger partial charge < -0.3 is 13.9 Å². The molecule has 0 radical (unpaired) electrons. The summed E-state index contributed by atoms with van der Waals surface area (Å²) in [6.45, 7) is 0. The molecule has 0 spiro atoms. The first kappa shape index (κ1) is 26.4. The van der Waals surface area contributed by atoms with E-state index in [2.05, 4.69) is 160 Å². The Morgan fingerprint density at radius 2 is 1.12 bits per heavy atom. The van der Waals surface area contributed by atoms with Crippen LogP contribution in [0.5, 0.6) is 0 Å². The first-order chi connectivity index (χ1) is 24.3. The highest BCUT2D eigenvalue weighted by Crippen LogP contribution is 2.47. The van der Waals surface area contributed by atoms with E-state index < -0.39 is 0 Å². The molecule has 0 N–H and O–H groups in total. The zero-order valence-corrected chi connectivity index (χ0v) is 26.3. The van der Waals surface area contributed by atoms with Gasteiger partial charge in [-0.15, -0.1) is 0 Å². The molecule has 0 atom stereocenters. The van der Waals surface area contributed by atoms with Gasteiger partial charge in [0.25, 0.3) is 0 Å². The van der Waals surface area contributed by atoms with Crippen LogP contribution in [0.25, 0.3) is 81.7 Å². The Bertz CT molecular complexity index is 2990. The first-order valence-corrected chi connectivity index (χ1v) is 16.6. The highest BCUT2D eigenvalue weighted by atomic mass is 16.3.